The van der Waals surface area contributed by atoms with Gasteiger partial charge in [-0.1, -0.05) is 25.4 Å². The van der Waals surface area contributed by atoms with Crippen LogP contribution in [-0.4, -0.2) is 29.7 Å². The molecule has 1 heterocycles. The quantitative estimate of drug-likeness (QED) is 0.797. The Hall–Kier alpha value is -0.550. The minimum absolute atomic E-state index is 0.0913. The summed E-state index contributed by atoms with van der Waals surface area (Å²) in [6.07, 6.45) is 0.799. The Labute approximate surface area is 95.2 Å². The van der Waals surface area contributed by atoms with Gasteiger partial charge in [0.05, 0.1) is 18.0 Å². The summed E-state index contributed by atoms with van der Waals surface area (Å²) in [6, 6.07) is 1.76. The summed E-state index contributed by atoms with van der Waals surface area (Å²) in [7, 11) is -2.95. The van der Waals surface area contributed by atoms with Crippen LogP contribution in [0.25, 0.3) is 0 Å². The van der Waals surface area contributed by atoms with E-state index in [1.54, 1.807) is 13.0 Å². The predicted octanol–water partition coefficient (Wildman–Crippen LogP) is 1.53. The fourth-order valence-corrected chi connectivity index (χ4v) is 2.13. The molecule has 0 aliphatic rings. The van der Waals surface area contributed by atoms with E-state index >= 15 is 0 Å². The highest BCUT2D eigenvalue weighted by Gasteiger charge is 2.10. The van der Waals surface area contributed by atoms with E-state index in [-0.39, 0.29) is 11.5 Å². The molecule has 0 bridgehead atoms. The topological polar surface area (TPSA) is 52.0 Å². The SMILES string of the molecule is CCc1cc(Cl)n(CCS(=O)(=O)CC)n1. The molecule has 0 atom stereocenters. The summed E-state index contributed by atoms with van der Waals surface area (Å²) >= 11 is 5.90. The lowest BCUT2D eigenvalue weighted by Crippen LogP contribution is -2.15. The van der Waals surface area contributed by atoms with Crippen molar-refractivity contribution in [2.75, 3.05) is 11.5 Å². The van der Waals surface area contributed by atoms with Gasteiger partial charge < -0.3 is 0 Å². The molecule has 0 unspecified atom stereocenters. The first-order chi connectivity index (χ1) is 6.98. The summed E-state index contributed by atoms with van der Waals surface area (Å²) in [5.74, 6) is 0.251. The van der Waals surface area contributed by atoms with E-state index in [0.29, 0.717) is 11.7 Å². The second-order valence-electron chi connectivity index (χ2n) is 3.27. The van der Waals surface area contributed by atoms with E-state index in [0.717, 1.165) is 12.1 Å². The maximum absolute atomic E-state index is 11.3. The van der Waals surface area contributed by atoms with Gasteiger partial charge in [0.1, 0.15) is 5.15 Å². The third kappa shape index (κ3) is 3.50. The monoisotopic (exact) mass is 250 g/mol. The highest BCUT2D eigenvalue weighted by Crippen LogP contribution is 2.11. The van der Waals surface area contributed by atoms with Crippen LogP contribution in [0.15, 0.2) is 6.07 Å². The molecule has 0 aliphatic carbocycles. The third-order valence-electron chi connectivity index (χ3n) is 2.20. The Balaban J connectivity index is 2.69. The average molecular weight is 251 g/mol. The number of hydrogen-bond acceptors (Lipinski definition) is 3. The zero-order valence-corrected chi connectivity index (χ0v) is 10.5. The fraction of sp³-hybridized carbons (Fsp3) is 0.667. The van der Waals surface area contributed by atoms with Crippen LogP contribution >= 0.6 is 11.6 Å². The Bertz CT molecular complexity index is 425. The smallest absolute Gasteiger partial charge is 0.151 e. The normalized spacial score (nSPS) is 11.9. The van der Waals surface area contributed by atoms with Crippen LogP contribution in [0.3, 0.4) is 0 Å². The zero-order valence-electron chi connectivity index (χ0n) is 8.90. The molecule has 0 saturated heterocycles. The van der Waals surface area contributed by atoms with E-state index in [1.807, 2.05) is 6.92 Å². The Morgan fingerprint density at radius 3 is 2.60 bits per heavy atom. The summed E-state index contributed by atoms with van der Waals surface area (Å²) in [4.78, 5) is 0. The van der Waals surface area contributed by atoms with Crippen LogP contribution in [0.2, 0.25) is 5.15 Å². The van der Waals surface area contributed by atoms with Crippen molar-refractivity contribution in [1.29, 1.82) is 0 Å². The van der Waals surface area contributed by atoms with Crippen LogP contribution in [0.5, 0.6) is 0 Å². The summed E-state index contributed by atoms with van der Waals surface area (Å²) in [5.41, 5.74) is 0.883. The van der Waals surface area contributed by atoms with Gasteiger partial charge in [0.25, 0.3) is 0 Å². The van der Waals surface area contributed by atoms with Gasteiger partial charge in [0, 0.05) is 5.75 Å². The molecule has 4 nitrogen and oxygen atoms in total. The van der Waals surface area contributed by atoms with Crippen molar-refractivity contribution < 1.29 is 8.42 Å². The second-order valence-corrected chi connectivity index (χ2v) is 6.13. The number of hydrogen-bond donors (Lipinski definition) is 0. The van der Waals surface area contributed by atoms with Gasteiger partial charge in [0.15, 0.2) is 9.84 Å². The van der Waals surface area contributed by atoms with E-state index in [2.05, 4.69) is 5.10 Å². The zero-order chi connectivity index (χ0) is 11.5. The standard InChI is InChI=1S/C9H15ClN2O2S/c1-3-8-7-9(10)12(11-8)5-6-15(13,14)4-2/h7H,3-6H2,1-2H3. The molecule has 0 aromatic carbocycles. The van der Waals surface area contributed by atoms with Crippen molar-refractivity contribution in [3.05, 3.63) is 16.9 Å². The third-order valence-corrected chi connectivity index (χ3v) is 4.19. The average Bonchev–Trinajstić information content (AvgIpc) is 2.57. The summed E-state index contributed by atoms with van der Waals surface area (Å²) < 4.78 is 24.1. The maximum Gasteiger partial charge on any atom is 0.151 e. The van der Waals surface area contributed by atoms with Crippen LogP contribution in [0.1, 0.15) is 19.5 Å². The molecule has 0 saturated carbocycles. The highest BCUT2D eigenvalue weighted by atomic mass is 35.5. The van der Waals surface area contributed by atoms with Crippen LogP contribution in [0, 0.1) is 0 Å². The molecular formula is C9H15ClN2O2S. The number of aryl methyl sites for hydroxylation is 2. The lowest BCUT2D eigenvalue weighted by molar-refractivity contribution is 0.580. The van der Waals surface area contributed by atoms with E-state index in [4.69, 9.17) is 11.6 Å². The van der Waals surface area contributed by atoms with Gasteiger partial charge in [0.2, 0.25) is 0 Å². The molecule has 0 amide bonds. The number of aromatic nitrogens is 2. The number of sulfone groups is 1. The Morgan fingerprint density at radius 2 is 2.13 bits per heavy atom. The summed E-state index contributed by atoms with van der Waals surface area (Å²) in [5, 5.41) is 4.68. The van der Waals surface area contributed by atoms with E-state index < -0.39 is 9.84 Å². The Kier molecular flexibility index (Phi) is 4.16. The van der Waals surface area contributed by atoms with E-state index in [1.165, 1.54) is 4.68 Å². The first-order valence-corrected chi connectivity index (χ1v) is 7.11. The van der Waals surface area contributed by atoms with Crippen LogP contribution < -0.4 is 0 Å². The Morgan fingerprint density at radius 1 is 1.47 bits per heavy atom. The first kappa shape index (κ1) is 12.5. The van der Waals surface area contributed by atoms with Crippen molar-refractivity contribution in [3.8, 4) is 0 Å². The molecule has 0 N–H and O–H groups in total. The molecule has 1 aromatic rings. The van der Waals surface area contributed by atoms with Gasteiger partial charge in [-0.3, -0.25) is 4.68 Å². The van der Waals surface area contributed by atoms with E-state index in [9.17, 15) is 8.42 Å². The van der Waals surface area contributed by atoms with Gasteiger partial charge in [-0.25, -0.2) is 8.42 Å². The highest BCUT2D eigenvalue weighted by molar-refractivity contribution is 7.91. The second kappa shape index (κ2) is 4.99. The van der Waals surface area contributed by atoms with Crippen molar-refractivity contribution in [3.63, 3.8) is 0 Å². The minimum Gasteiger partial charge on any atom is -0.253 e. The van der Waals surface area contributed by atoms with Gasteiger partial charge in [-0.05, 0) is 12.5 Å². The molecule has 0 aliphatic heterocycles. The van der Waals surface area contributed by atoms with Crippen molar-refractivity contribution >= 4 is 21.4 Å². The van der Waals surface area contributed by atoms with Crippen molar-refractivity contribution in [1.82, 2.24) is 9.78 Å². The molecule has 15 heavy (non-hydrogen) atoms. The lowest BCUT2D eigenvalue weighted by atomic mass is 10.3. The summed E-state index contributed by atoms with van der Waals surface area (Å²) in [6.45, 7) is 3.94. The van der Waals surface area contributed by atoms with Crippen LogP contribution in [0.4, 0.5) is 0 Å². The molecule has 0 spiro atoms. The number of rotatable bonds is 5. The van der Waals surface area contributed by atoms with Gasteiger partial charge in [-0.2, -0.15) is 5.10 Å². The van der Waals surface area contributed by atoms with Crippen LogP contribution in [-0.2, 0) is 22.8 Å². The number of nitrogens with zero attached hydrogens (tertiary/aromatic N) is 2. The minimum atomic E-state index is -2.95. The first-order valence-electron chi connectivity index (χ1n) is 4.91. The molecule has 6 heteroatoms. The predicted molar refractivity (Wildman–Crippen MR) is 60.9 cm³/mol. The molecule has 1 rings (SSSR count). The molecule has 0 radical (unpaired) electrons. The molecule has 86 valence electrons. The molecule has 0 fully saturated rings. The fourth-order valence-electron chi connectivity index (χ4n) is 1.14. The largest absolute Gasteiger partial charge is 0.253 e. The maximum atomic E-state index is 11.3. The van der Waals surface area contributed by atoms with Crippen molar-refractivity contribution in [2.45, 2.75) is 26.8 Å². The number of halogens is 1. The van der Waals surface area contributed by atoms with Gasteiger partial charge in [-0.15, -0.1) is 0 Å². The lowest BCUT2D eigenvalue weighted by Gasteiger charge is -2.02. The van der Waals surface area contributed by atoms with Gasteiger partial charge >= 0.3 is 0 Å². The molecule has 1 aromatic heterocycles. The molecular weight excluding hydrogens is 236 g/mol. The van der Waals surface area contributed by atoms with Crippen molar-refractivity contribution in [2.24, 2.45) is 0 Å².